The number of carbonyl (C=O) groups is 3. The zero-order valence-corrected chi connectivity index (χ0v) is 14.6. The quantitative estimate of drug-likeness (QED) is 0.636. The van der Waals surface area contributed by atoms with Gasteiger partial charge in [0.2, 0.25) is 11.8 Å². The molecule has 5 nitrogen and oxygen atoms in total. The molecule has 1 unspecified atom stereocenters. The van der Waals surface area contributed by atoms with E-state index in [1.165, 1.54) is 11.8 Å². The number of hydrogen-bond acceptors (Lipinski definition) is 4. The summed E-state index contributed by atoms with van der Waals surface area (Å²) < 4.78 is 0. The number of hydrogen-bond donors (Lipinski definition) is 2. The SMILES string of the molecule is CCC(C)(C)C(=O)CCN(C)C(=O)C(CCS)NC(C)=O. The predicted molar refractivity (Wildman–Crippen MR) is 87.4 cm³/mol. The fourth-order valence-electron chi connectivity index (χ4n) is 1.81. The monoisotopic (exact) mass is 316 g/mol. The molecule has 122 valence electrons. The molecule has 1 N–H and O–H groups in total. The normalized spacial score (nSPS) is 12.7. The van der Waals surface area contributed by atoms with Crippen LogP contribution in [0.4, 0.5) is 0 Å². The van der Waals surface area contributed by atoms with Gasteiger partial charge in [0.1, 0.15) is 11.8 Å². The van der Waals surface area contributed by atoms with Crippen molar-refractivity contribution in [3.05, 3.63) is 0 Å². The lowest BCUT2D eigenvalue weighted by atomic mass is 9.84. The average Bonchev–Trinajstić information content (AvgIpc) is 2.42. The van der Waals surface area contributed by atoms with Crippen molar-refractivity contribution in [2.75, 3.05) is 19.3 Å². The molecule has 6 heteroatoms. The zero-order valence-electron chi connectivity index (χ0n) is 13.7. The molecule has 2 amide bonds. The summed E-state index contributed by atoms with van der Waals surface area (Å²) in [5.41, 5.74) is -0.355. The summed E-state index contributed by atoms with van der Waals surface area (Å²) in [5.74, 6) is 0.231. The van der Waals surface area contributed by atoms with E-state index in [0.717, 1.165) is 6.42 Å². The van der Waals surface area contributed by atoms with Crippen molar-refractivity contribution >= 4 is 30.2 Å². The van der Waals surface area contributed by atoms with Gasteiger partial charge < -0.3 is 10.2 Å². The van der Waals surface area contributed by atoms with Gasteiger partial charge in [0, 0.05) is 32.4 Å². The third kappa shape index (κ3) is 6.98. The highest BCUT2D eigenvalue weighted by Gasteiger charge is 2.27. The number of Topliss-reactive ketones (excluding diaryl/α,β-unsaturated/α-hetero) is 1. The zero-order chi connectivity index (χ0) is 16.6. The predicted octanol–water partition coefficient (Wildman–Crippen LogP) is 1.66. The molecule has 0 saturated carbocycles. The van der Waals surface area contributed by atoms with Crippen LogP contribution < -0.4 is 5.32 Å². The minimum absolute atomic E-state index is 0.148. The van der Waals surface area contributed by atoms with E-state index in [4.69, 9.17) is 0 Å². The summed E-state index contributed by atoms with van der Waals surface area (Å²) in [6.07, 6.45) is 1.58. The second kappa shape index (κ2) is 9.07. The van der Waals surface area contributed by atoms with Gasteiger partial charge in [-0.05, 0) is 18.6 Å². The van der Waals surface area contributed by atoms with Crippen LogP contribution >= 0.6 is 12.6 Å². The van der Waals surface area contributed by atoms with Gasteiger partial charge in [-0.25, -0.2) is 0 Å². The highest BCUT2D eigenvalue weighted by molar-refractivity contribution is 7.80. The molecular formula is C15H28N2O3S. The molecule has 0 aliphatic heterocycles. The van der Waals surface area contributed by atoms with Gasteiger partial charge in [0.15, 0.2) is 0 Å². The van der Waals surface area contributed by atoms with Gasteiger partial charge in [-0.15, -0.1) is 0 Å². The van der Waals surface area contributed by atoms with Gasteiger partial charge >= 0.3 is 0 Å². The fraction of sp³-hybridized carbons (Fsp3) is 0.800. The maximum absolute atomic E-state index is 12.3. The van der Waals surface area contributed by atoms with E-state index >= 15 is 0 Å². The van der Waals surface area contributed by atoms with E-state index < -0.39 is 6.04 Å². The molecule has 21 heavy (non-hydrogen) atoms. The van der Waals surface area contributed by atoms with Gasteiger partial charge in [-0.1, -0.05) is 20.8 Å². The Morgan fingerprint density at radius 3 is 2.29 bits per heavy atom. The topological polar surface area (TPSA) is 66.5 Å². The Morgan fingerprint density at radius 1 is 1.29 bits per heavy atom. The second-order valence-electron chi connectivity index (χ2n) is 5.94. The number of amides is 2. The molecule has 0 aliphatic carbocycles. The molecule has 1 atom stereocenters. The van der Waals surface area contributed by atoms with Crippen LogP contribution in [0.2, 0.25) is 0 Å². The third-order valence-corrected chi connectivity index (χ3v) is 4.04. The molecule has 0 aliphatic rings. The van der Waals surface area contributed by atoms with Gasteiger partial charge in [-0.3, -0.25) is 14.4 Å². The number of rotatable bonds is 9. The first kappa shape index (κ1) is 20.0. The van der Waals surface area contributed by atoms with Crippen molar-refractivity contribution < 1.29 is 14.4 Å². The lowest BCUT2D eigenvalue weighted by molar-refractivity contribution is -0.136. The summed E-state index contributed by atoms with van der Waals surface area (Å²) in [7, 11) is 1.65. The Hall–Kier alpha value is -1.04. The number of nitrogens with one attached hydrogen (secondary N) is 1. The van der Waals surface area contributed by atoms with Crippen LogP contribution in [0.5, 0.6) is 0 Å². The van der Waals surface area contributed by atoms with Crippen LogP contribution in [0, 0.1) is 5.41 Å². The lowest BCUT2D eigenvalue weighted by Crippen LogP contribution is -2.47. The molecule has 0 heterocycles. The summed E-state index contributed by atoms with van der Waals surface area (Å²) in [4.78, 5) is 37.0. The van der Waals surface area contributed by atoms with E-state index in [1.807, 2.05) is 20.8 Å². The number of carbonyl (C=O) groups excluding carboxylic acids is 3. The van der Waals surface area contributed by atoms with Crippen molar-refractivity contribution in [3.63, 3.8) is 0 Å². The van der Waals surface area contributed by atoms with Crippen LogP contribution in [0.25, 0.3) is 0 Å². The van der Waals surface area contributed by atoms with Crippen LogP contribution in [0.1, 0.15) is 47.0 Å². The van der Waals surface area contributed by atoms with Crippen LogP contribution in [-0.2, 0) is 14.4 Å². The first-order valence-corrected chi connectivity index (χ1v) is 7.95. The molecule has 0 bridgehead atoms. The second-order valence-corrected chi connectivity index (χ2v) is 6.38. The molecule has 0 spiro atoms. The lowest BCUT2D eigenvalue weighted by Gasteiger charge is -2.26. The molecule has 0 rings (SSSR count). The maximum atomic E-state index is 12.3. The van der Waals surface area contributed by atoms with Gasteiger partial charge in [-0.2, -0.15) is 12.6 Å². The van der Waals surface area contributed by atoms with Crippen LogP contribution in [-0.4, -0.2) is 47.9 Å². The Bertz CT molecular complexity index is 383. The molecule has 0 aromatic carbocycles. The molecule has 0 fully saturated rings. The minimum atomic E-state index is -0.570. The Balaban J connectivity index is 4.55. The Kier molecular flexibility index (Phi) is 8.63. The average molecular weight is 316 g/mol. The molecule has 0 aromatic heterocycles. The fourth-order valence-corrected chi connectivity index (χ4v) is 2.07. The van der Waals surface area contributed by atoms with Gasteiger partial charge in [0.05, 0.1) is 0 Å². The smallest absolute Gasteiger partial charge is 0.244 e. The van der Waals surface area contributed by atoms with E-state index in [1.54, 1.807) is 7.05 Å². The van der Waals surface area contributed by atoms with Crippen LogP contribution in [0.3, 0.4) is 0 Å². The van der Waals surface area contributed by atoms with Crippen molar-refractivity contribution in [3.8, 4) is 0 Å². The third-order valence-electron chi connectivity index (χ3n) is 3.78. The Labute approximate surface area is 133 Å². The Morgan fingerprint density at radius 2 is 1.86 bits per heavy atom. The van der Waals surface area contributed by atoms with Crippen molar-refractivity contribution in [2.24, 2.45) is 5.41 Å². The van der Waals surface area contributed by atoms with Crippen molar-refractivity contribution in [1.82, 2.24) is 10.2 Å². The van der Waals surface area contributed by atoms with Crippen molar-refractivity contribution in [1.29, 1.82) is 0 Å². The number of thiol groups is 1. The van der Waals surface area contributed by atoms with Crippen molar-refractivity contribution in [2.45, 2.75) is 53.0 Å². The van der Waals surface area contributed by atoms with E-state index in [2.05, 4.69) is 17.9 Å². The van der Waals surface area contributed by atoms with Gasteiger partial charge in [0.25, 0.3) is 0 Å². The summed E-state index contributed by atoms with van der Waals surface area (Å²) >= 11 is 4.10. The highest BCUT2D eigenvalue weighted by atomic mass is 32.1. The van der Waals surface area contributed by atoms with Crippen LogP contribution in [0.15, 0.2) is 0 Å². The summed E-state index contributed by atoms with van der Waals surface area (Å²) in [5, 5.41) is 2.63. The first-order chi connectivity index (χ1) is 9.65. The molecule has 0 aromatic rings. The number of likely N-dealkylation sites (N-methyl/N-ethyl adjacent to an activating group) is 1. The summed E-state index contributed by atoms with van der Waals surface area (Å²) in [6, 6.07) is -0.570. The highest BCUT2D eigenvalue weighted by Crippen LogP contribution is 2.22. The number of ketones is 1. The van der Waals surface area contributed by atoms with E-state index in [-0.39, 0.29) is 23.0 Å². The maximum Gasteiger partial charge on any atom is 0.244 e. The molecular weight excluding hydrogens is 288 g/mol. The molecule has 0 radical (unpaired) electrons. The minimum Gasteiger partial charge on any atom is -0.345 e. The molecule has 0 saturated heterocycles. The summed E-state index contributed by atoms with van der Waals surface area (Å²) in [6.45, 7) is 7.55. The number of nitrogens with zero attached hydrogens (tertiary/aromatic N) is 1. The first-order valence-electron chi connectivity index (χ1n) is 7.32. The standard InChI is InChI=1S/C15H28N2O3S/c1-6-15(3,4)13(19)7-9-17(5)14(20)12(8-10-21)16-11(2)18/h12,21H,6-10H2,1-5H3,(H,16,18). The van der Waals surface area contributed by atoms with E-state index in [9.17, 15) is 14.4 Å². The van der Waals surface area contributed by atoms with E-state index in [0.29, 0.717) is 25.1 Å². The largest absolute Gasteiger partial charge is 0.345 e.